The van der Waals surface area contributed by atoms with Gasteiger partial charge in [-0.15, -0.1) is 0 Å². The van der Waals surface area contributed by atoms with Gasteiger partial charge in [0.05, 0.1) is 34.7 Å². The molecule has 0 bridgehead atoms. The molecule has 0 aromatic carbocycles. The van der Waals surface area contributed by atoms with Crippen LogP contribution in [0.4, 0.5) is 5.82 Å². The molecule has 0 radical (unpaired) electrons. The fraction of sp³-hybridized carbons (Fsp3) is 0.632. The van der Waals surface area contributed by atoms with Crippen LogP contribution in [-0.2, 0) is 18.2 Å². The summed E-state index contributed by atoms with van der Waals surface area (Å²) in [7, 11) is -8.97. The molecule has 17 nitrogen and oxygen atoms in total. The summed E-state index contributed by atoms with van der Waals surface area (Å²) in [4.78, 5) is 58.3. The number of rotatable bonds is 11. The SMILES string of the molecule is CCCC/C=C/c1nc(NC)c2ncn([C@H]3C[C@H](OP(=O)([O-])[O-])[C@@]4(COP(=O)([O-])[O-])C[C@H]34)c2n1.[NH4+].[NH4+].[NH4+].[NH4+]. The van der Waals surface area contributed by atoms with Gasteiger partial charge in [-0.2, -0.15) is 0 Å². The number of phosphoric ester groups is 2. The first-order valence-electron chi connectivity index (χ1n) is 10.9. The number of unbranched alkanes of at least 4 members (excludes halogenated alkanes) is 2. The van der Waals surface area contributed by atoms with E-state index in [4.69, 9.17) is 4.52 Å². The van der Waals surface area contributed by atoms with Gasteiger partial charge in [-0.05, 0) is 31.3 Å². The second kappa shape index (κ2) is 13.5. The van der Waals surface area contributed by atoms with Gasteiger partial charge in [-0.3, -0.25) is 0 Å². The zero-order valence-corrected chi connectivity index (χ0v) is 24.4. The Labute approximate surface area is 220 Å². The first-order valence-corrected chi connectivity index (χ1v) is 13.9. The predicted molar refractivity (Wildman–Crippen MR) is 138 cm³/mol. The minimum Gasteiger partial charge on any atom is -0.790 e. The zero-order chi connectivity index (χ0) is 24.7. The van der Waals surface area contributed by atoms with Crippen LogP contribution >= 0.6 is 15.6 Å². The number of fused-ring (bicyclic) bond motifs is 2. The number of imidazole rings is 1. The Morgan fingerprint density at radius 2 is 1.84 bits per heavy atom. The molecule has 2 aromatic heterocycles. The highest BCUT2D eigenvalue weighted by Crippen LogP contribution is 2.70. The third-order valence-electron chi connectivity index (χ3n) is 6.51. The molecule has 0 spiro atoms. The molecule has 17 N–H and O–H groups in total. The van der Waals surface area contributed by atoms with E-state index in [1.807, 2.05) is 12.2 Å². The maximum Gasteiger partial charge on any atom is 0.166 e. The molecular weight excluding hydrogens is 544 g/mol. The quantitative estimate of drug-likeness (QED) is 0.185. The summed E-state index contributed by atoms with van der Waals surface area (Å²) >= 11 is 0. The van der Waals surface area contributed by atoms with Crippen molar-refractivity contribution in [1.29, 1.82) is 0 Å². The molecule has 0 unspecified atom stereocenters. The monoisotopic (exact) mass is 585 g/mol. The van der Waals surface area contributed by atoms with Gasteiger partial charge < -0.3 is 72.2 Å². The lowest BCUT2D eigenvalue weighted by Gasteiger charge is -2.37. The largest absolute Gasteiger partial charge is 0.790 e. The van der Waals surface area contributed by atoms with E-state index in [9.17, 15) is 28.7 Å². The van der Waals surface area contributed by atoms with E-state index >= 15 is 0 Å². The standard InChI is InChI=1S/C19H29N5O8P2.4H3N/c1-3-4-5-6-7-15-22-17(20-2)16-18(23-15)24(11-21-16)13-8-14(32-34(28,29)30)19(9-12(13)19)10-31-33(25,26)27;;;;/h6-7,11-14H,3-5,8-10H2,1-2H3,(H,20,22,23)(H2,25,26,27)(H2,28,29,30);4*1H3/b7-6+;;;;/t12-,13+,14+,19-;;;;/m1..../s1. The highest BCUT2D eigenvalue weighted by molar-refractivity contribution is 7.43. The number of hydrogen-bond acceptors (Lipinski definition) is 12. The lowest BCUT2D eigenvalue weighted by atomic mass is 10.0. The molecule has 0 saturated heterocycles. The van der Waals surface area contributed by atoms with Gasteiger partial charge in [0.1, 0.15) is 5.52 Å². The number of anilines is 1. The molecule has 38 heavy (non-hydrogen) atoms. The van der Waals surface area contributed by atoms with Crippen molar-refractivity contribution < 1.29 is 37.8 Å². The van der Waals surface area contributed by atoms with Gasteiger partial charge in [0, 0.05) is 18.5 Å². The Bertz CT molecular complexity index is 1190. The molecular formula is C19H41N9O8P2. The van der Waals surface area contributed by atoms with Crippen LogP contribution in [0.15, 0.2) is 12.4 Å². The molecule has 2 fully saturated rings. The maximum absolute atomic E-state index is 11.4. The topological polar surface area (TPSA) is 346 Å². The average Bonchev–Trinajstić information content (AvgIpc) is 3.22. The third-order valence-corrected chi connectivity index (χ3v) is 7.47. The number of phosphoric acid groups is 2. The molecule has 4 atom stereocenters. The van der Waals surface area contributed by atoms with E-state index < -0.39 is 39.8 Å². The van der Waals surface area contributed by atoms with Gasteiger partial charge >= 0.3 is 0 Å². The van der Waals surface area contributed by atoms with Crippen LogP contribution in [0.5, 0.6) is 0 Å². The van der Waals surface area contributed by atoms with E-state index in [2.05, 4.69) is 31.7 Å². The Kier molecular flexibility index (Phi) is 12.8. The van der Waals surface area contributed by atoms with Gasteiger partial charge in [-0.1, -0.05) is 25.8 Å². The number of allylic oxidation sites excluding steroid dienone is 1. The molecule has 0 amide bonds. The van der Waals surface area contributed by atoms with E-state index in [1.54, 1.807) is 17.9 Å². The molecule has 2 aromatic rings. The molecule has 2 aliphatic rings. The van der Waals surface area contributed by atoms with Crippen molar-refractivity contribution in [1.82, 2.24) is 44.1 Å². The average molecular weight is 586 g/mol. The minimum absolute atomic E-state index is 0. The molecule has 2 saturated carbocycles. The van der Waals surface area contributed by atoms with Crippen LogP contribution < -0.4 is 49.5 Å². The lowest BCUT2D eigenvalue weighted by Crippen LogP contribution is -2.32. The van der Waals surface area contributed by atoms with Crippen molar-refractivity contribution in [3.8, 4) is 0 Å². The highest BCUT2D eigenvalue weighted by Gasteiger charge is 2.68. The summed E-state index contributed by atoms with van der Waals surface area (Å²) in [5.41, 5.74) is -0.0903. The van der Waals surface area contributed by atoms with Crippen LogP contribution in [0.25, 0.3) is 17.2 Å². The second-order valence-corrected chi connectivity index (χ2v) is 10.9. The summed E-state index contributed by atoms with van der Waals surface area (Å²) in [6.45, 7) is 1.54. The minimum atomic E-state index is -5.37. The highest BCUT2D eigenvalue weighted by atomic mass is 31.2. The number of hydrogen-bond donors (Lipinski definition) is 5. The van der Waals surface area contributed by atoms with Crippen LogP contribution in [0.2, 0.25) is 0 Å². The van der Waals surface area contributed by atoms with Crippen LogP contribution in [0.3, 0.4) is 0 Å². The first-order chi connectivity index (χ1) is 16.0. The Morgan fingerprint density at radius 3 is 2.42 bits per heavy atom. The Balaban J connectivity index is 0.00000342. The van der Waals surface area contributed by atoms with Gasteiger partial charge in [0.2, 0.25) is 0 Å². The van der Waals surface area contributed by atoms with E-state index in [0.29, 0.717) is 29.2 Å². The summed E-state index contributed by atoms with van der Waals surface area (Å²) in [6.07, 6.45) is 7.58. The van der Waals surface area contributed by atoms with Gasteiger partial charge in [0.15, 0.2) is 17.3 Å². The maximum atomic E-state index is 11.4. The lowest BCUT2D eigenvalue weighted by molar-refractivity contribution is -0.347. The van der Waals surface area contributed by atoms with Crippen molar-refractivity contribution in [3.05, 3.63) is 18.2 Å². The molecule has 0 aliphatic heterocycles. The number of aromatic nitrogens is 4. The summed E-state index contributed by atoms with van der Waals surface area (Å²) in [5, 5.41) is 3.00. The first kappa shape index (κ1) is 36.1. The van der Waals surface area contributed by atoms with Gasteiger partial charge in [-0.25, -0.2) is 15.0 Å². The second-order valence-electron chi connectivity index (χ2n) is 8.66. The van der Waals surface area contributed by atoms with Gasteiger partial charge in [0.25, 0.3) is 0 Å². The van der Waals surface area contributed by atoms with Crippen molar-refractivity contribution in [2.45, 2.75) is 51.2 Å². The number of nitrogens with zero attached hydrogens (tertiary/aromatic N) is 4. The molecule has 220 valence electrons. The van der Waals surface area contributed by atoms with Crippen LogP contribution in [0, 0.1) is 11.3 Å². The normalized spacial score (nSPS) is 24.1. The van der Waals surface area contributed by atoms with Crippen molar-refractivity contribution in [2.24, 2.45) is 11.3 Å². The molecule has 2 heterocycles. The predicted octanol–water partition coefficient (Wildman–Crippen LogP) is 1.59. The van der Waals surface area contributed by atoms with E-state index in [0.717, 1.165) is 19.3 Å². The fourth-order valence-corrected chi connectivity index (χ4v) is 5.87. The third kappa shape index (κ3) is 7.63. The summed E-state index contributed by atoms with van der Waals surface area (Å²) < 4.78 is 33.4. The zero-order valence-electron chi connectivity index (χ0n) is 22.7. The summed E-state index contributed by atoms with van der Waals surface area (Å²) in [5.74, 6) is 0.676. The van der Waals surface area contributed by atoms with Crippen molar-refractivity contribution in [2.75, 3.05) is 19.0 Å². The Hall–Kier alpha value is -1.85. The molecule has 2 aliphatic carbocycles. The van der Waals surface area contributed by atoms with E-state index in [-0.39, 0.29) is 36.9 Å². The van der Waals surface area contributed by atoms with E-state index in [1.165, 1.54) is 0 Å². The van der Waals surface area contributed by atoms with Crippen LogP contribution in [0.1, 0.15) is 50.9 Å². The fourth-order valence-electron chi connectivity index (χ4n) is 4.86. The molecule has 4 rings (SSSR count). The smallest absolute Gasteiger partial charge is 0.166 e. The molecule has 19 heteroatoms. The summed E-state index contributed by atoms with van der Waals surface area (Å²) in [6, 6.07) is -0.403. The van der Waals surface area contributed by atoms with Crippen LogP contribution in [-0.4, -0.2) is 39.3 Å². The number of nitrogens with one attached hydrogen (secondary N) is 1. The number of quaternary nitrogens is 4. The van der Waals surface area contributed by atoms with Crippen molar-refractivity contribution in [3.63, 3.8) is 0 Å². The Morgan fingerprint density at radius 1 is 1.16 bits per heavy atom. The van der Waals surface area contributed by atoms with Crippen molar-refractivity contribution >= 4 is 38.7 Å².